The summed E-state index contributed by atoms with van der Waals surface area (Å²) < 4.78 is 16.7. The van der Waals surface area contributed by atoms with E-state index in [2.05, 4.69) is 93.7 Å². The first-order valence-corrected chi connectivity index (χ1v) is 24.9. The van der Waals surface area contributed by atoms with E-state index < -0.39 is 6.10 Å². The molecule has 0 aliphatic rings. The summed E-state index contributed by atoms with van der Waals surface area (Å²) in [6.07, 6.45) is 60.3. The van der Waals surface area contributed by atoms with Crippen molar-refractivity contribution >= 4 is 17.9 Å². The van der Waals surface area contributed by atoms with E-state index in [0.29, 0.717) is 19.3 Å². The van der Waals surface area contributed by atoms with Gasteiger partial charge in [-0.1, -0.05) is 209 Å². The molecule has 1 atom stereocenters. The third kappa shape index (κ3) is 45.9. The van der Waals surface area contributed by atoms with Crippen LogP contribution in [0.4, 0.5) is 0 Å². The fourth-order valence-corrected chi connectivity index (χ4v) is 6.69. The molecule has 0 rings (SSSR count). The van der Waals surface area contributed by atoms with Crippen molar-refractivity contribution in [1.82, 2.24) is 0 Å². The highest BCUT2D eigenvalue weighted by atomic mass is 16.6. The van der Waals surface area contributed by atoms with Crippen molar-refractivity contribution in [2.24, 2.45) is 0 Å². The molecule has 0 aliphatic heterocycles. The molecule has 0 aromatic carbocycles. The van der Waals surface area contributed by atoms with Crippen LogP contribution in [-0.2, 0) is 28.6 Å². The third-order valence-electron chi connectivity index (χ3n) is 10.4. The molecule has 0 heterocycles. The molecular formula is C54H92O6. The average molecular weight is 837 g/mol. The Bertz CT molecular complexity index is 1140. The van der Waals surface area contributed by atoms with E-state index in [1.54, 1.807) is 0 Å². The lowest BCUT2D eigenvalue weighted by Gasteiger charge is -2.18. The second-order valence-corrected chi connectivity index (χ2v) is 16.3. The number of carbonyl (C=O) groups is 3. The molecule has 0 aromatic heterocycles. The molecule has 6 heteroatoms. The van der Waals surface area contributed by atoms with Gasteiger partial charge in [-0.2, -0.15) is 0 Å². The van der Waals surface area contributed by atoms with Gasteiger partial charge in [0.1, 0.15) is 13.2 Å². The fraction of sp³-hybridized carbons (Fsp3) is 0.722. The monoisotopic (exact) mass is 837 g/mol. The van der Waals surface area contributed by atoms with Crippen LogP contribution in [0.5, 0.6) is 0 Å². The summed E-state index contributed by atoms with van der Waals surface area (Å²) in [5, 5.41) is 0. The van der Waals surface area contributed by atoms with Gasteiger partial charge in [0.05, 0.1) is 0 Å². The molecule has 0 saturated carbocycles. The van der Waals surface area contributed by atoms with Crippen molar-refractivity contribution in [2.75, 3.05) is 13.2 Å². The van der Waals surface area contributed by atoms with Crippen molar-refractivity contribution in [3.05, 3.63) is 72.9 Å². The van der Waals surface area contributed by atoms with E-state index in [4.69, 9.17) is 14.2 Å². The molecule has 0 radical (unpaired) electrons. The zero-order chi connectivity index (χ0) is 43.7. The van der Waals surface area contributed by atoms with Gasteiger partial charge in [0.15, 0.2) is 6.10 Å². The van der Waals surface area contributed by atoms with Gasteiger partial charge in [0.25, 0.3) is 0 Å². The molecule has 344 valence electrons. The first kappa shape index (κ1) is 56.9. The Kier molecular flexibility index (Phi) is 46.0. The Labute approximate surface area is 370 Å². The summed E-state index contributed by atoms with van der Waals surface area (Å²) in [6.45, 7) is 6.43. The number of unbranched alkanes of at least 4 members (excludes halogenated alkanes) is 21. The van der Waals surface area contributed by atoms with Crippen LogP contribution in [-0.4, -0.2) is 37.2 Å². The normalized spacial score (nSPS) is 12.7. The summed E-state index contributed by atoms with van der Waals surface area (Å²) in [4.78, 5) is 37.9. The zero-order valence-corrected chi connectivity index (χ0v) is 39.2. The lowest BCUT2D eigenvalue weighted by Crippen LogP contribution is -2.30. The number of esters is 3. The maximum atomic E-state index is 12.8. The van der Waals surface area contributed by atoms with Crippen LogP contribution in [0.15, 0.2) is 72.9 Å². The Balaban J connectivity index is 4.46. The van der Waals surface area contributed by atoms with Gasteiger partial charge in [-0.3, -0.25) is 14.4 Å². The molecule has 60 heavy (non-hydrogen) atoms. The Morgan fingerprint density at radius 2 is 0.683 bits per heavy atom. The highest BCUT2D eigenvalue weighted by Gasteiger charge is 2.19. The summed E-state index contributed by atoms with van der Waals surface area (Å²) in [5.74, 6) is -0.965. The summed E-state index contributed by atoms with van der Waals surface area (Å²) >= 11 is 0. The number of hydrogen-bond acceptors (Lipinski definition) is 6. The Hall–Kier alpha value is -3.15. The quantitative estimate of drug-likeness (QED) is 0.0263. The van der Waals surface area contributed by atoms with Gasteiger partial charge in [-0.25, -0.2) is 0 Å². The van der Waals surface area contributed by atoms with Crippen LogP contribution in [0.1, 0.15) is 233 Å². The van der Waals surface area contributed by atoms with Crippen LogP contribution < -0.4 is 0 Å². The first-order valence-electron chi connectivity index (χ1n) is 24.9. The SMILES string of the molecule is CC/C=C\C/C=C\C/C=C\C/C=C\C/C=C\CCCC(=O)OC[C@@H](COC(=O)CCCCCCC/C=C\CCCC)OC(=O)CCCCCCCCCCCCCCCC. The minimum Gasteiger partial charge on any atom is -0.462 e. The molecule has 0 saturated heterocycles. The van der Waals surface area contributed by atoms with Crippen LogP contribution >= 0.6 is 0 Å². The van der Waals surface area contributed by atoms with E-state index in [1.165, 1.54) is 96.3 Å². The largest absolute Gasteiger partial charge is 0.462 e. The number of ether oxygens (including phenoxy) is 3. The number of hydrogen-bond donors (Lipinski definition) is 0. The van der Waals surface area contributed by atoms with Crippen LogP contribution in [0.2, 0.25) is 0 Å². The Morgan fingerprint density at radius 1 is 0.350 bits per heavy atom. The van der Waals surface area contributed by atoms with E-state index in [1.807, 2.05) is 0 Å². The lowest BCUT2D eigenvalue weighted by atomic mass is 10.0. The molecule has 0 N–H and O–H groups in total. The Morgan fingerprint density at radius 3 is 1.15 bits per heavy atom. The maximum Gasteiger partial charge on any atom is 0.306 e. The number of carbonyl (C=O) groups excluding carboxylic acids is 3. The highest BCUT2D eigenvalue weighted by Crippen LogP contribution is 2.15. The van der Waals surface area contributed by atoms with E-state index >= 15 is 0 Å². The topological polar surface area (TPSA) is 78.9 Å². The molecule has 0 bridgehead atoms. The summed E-state index contributed by atoms with van der Waals surface area (Å²) in [7, 11) is 0. The second-order valence-electron chi connectivity index (χ2n) is 16.3. The molecule has 0 aromatic rings. The van der Waals surface area contributed by atoms with Crippen molar-refractivity contribution in [2.45, 2.75) is 239 Å². The maximum absolute atomic E-state index is 12.8. The van der Waals surface area contributed by atoms with E-state index in [0.717, 1.165) is 89.9 Å². The van der Waals surface area contributed by atoms with Crippen LogP contribution in [0.3, 0.4) is 0 Å². The van der Waals surface area contributed by atoms with Crippen LogP contribution in [0.25, 0.3) is 0 Å². The second kappa shape index (κ2) is 48.5. The van der Waals surface area contributed by atoms with E-state index in [9.17, 15) is 14.4 Å². The molecule has 6 nitrogen and oxygen atoms in total. The first-order chi connectivity index (χ1) is 29.5. The minimum atomic E-state index is -0.798. The fourth-order valence-electron chi connectivity index (χ4n) is 6.69. The van der Waals surface area contributed by atoms with Crippen LogP contribution in [0, 0.1) is 0 Å². The third-order valence-corrected chi connectivity index (χ3v) is 10.4. The van der Waals surface area contributed by atoms with Crippen molar-refractivity contribution in [3.8, 4) is 0 Å². The van der Waals surface area contributed by atoms with Gasteiger partial charge in [0.2, 0.25) is 0 Å². The van der Waals surface area contributed by atoms with E-state index in [-0.39, 0.29) is 37.5 Å². The van der Waals surface area contributed by atoms with Gasteiger partial charge in [0, 0.05) is 19.3 Å². The van der Waals surface area contributed by atoms with Crippen molar-refractivity contribution < 1.29 is 28.6 Å². The molecule has 0 fully saturated rings. The smallest absolute Gasteiger partial charge is 0.306 e. The van der Waals surface area contributed by atoms with Crippen molar-refractivity contribution in [1.29, 1.82) is 0 Å². The zero-order valence-electron chi connectivity index (χ0n) is 39.2. The average Bonchev–Trinajstić information content (AvgIpc) is 3.24. The minimum absolute atomic E-state index is 0.0962. The number of rotatable bonds is 44. The molecule has 0 spiro atoms. The standard InChI is InChI=1S/C54H92O6/c1-4-7-10-13-16-19-22-24-26-27-28-30-32-35-38-41-44-47-53(56)59-50-51(49-58-52(55)46-43-40-37-34-31-21-18-15-12-9-6-3)60-54(57)48-45-42-39-36-33-29-25-23-20-17-14-11-8-5-2/h7,10,15-16,18-19,24,26,28,30,35,38,51H,4-6,8-9,11-14,17,20-23,25,27,29,31-34,36-37,39-50H2,1-3H3/b10-7-,18-15-,19-16-,26-24-,30-28-,38-35-/t51-/m1/s1. The van der Waals surface area contributed by atoms with Gasteiger partial charge in [-0.05, 0) is 77.0 Å². The molecule has 0 amide bonds. The van der Waals surface area contributed by atoms with Crippen molar-refractivity contribution in [3.63, 3.8) is 0 Å². The summed E-state index contributed by atoms with van der Waals surface area (Å²) in [5.41, 5.74) is 0. The van der Waals surface area contributed by atoms with Gasteiger partial charge < -0.3 is 14.2 Å². The molecular weight excluding hydrogens is 745 g/mol. The highest BCUT2D eigenvalue weighted by molar-refractivity contribution is 5.71. The number of allylic oxidation sites excluding steroid dienone is 12. The molecule has 0 aliphatic carbocycles. The van der Waals surface area contributed by atoms with Gasteiger partial charge >= 0.3 is 17.9 Å². The molecule has 0 unspecified atom stereocenters. The van der Waals surface area contributed by atoms with Gasteiger partial charge in [-0.15, -0.1) is 0 Å². The lowest BCUT2D eigenvalue weighted by molar-refractivity contribution is -0.167. The predicted octanol–water partition coefficient (Wildman–Crippen LogP) is 16.3. The predicted molar refractivity (Wildman–Crippen MR) is 256 cm³/mol. The summed E-state index contributed by atoms with van der Waals surface area (Å²) in [6, 6.07) is 0.